The standard InChI is InChI=1S/C28H30N4O2S/c1-32-14-12-20(13-15-32)18-34-27-17-25-24(16-26(27)33-2)28(30-19-29-25)31-21-8-10-23(11-9-21)35-22-6-4-3-5-7-22/h3-11,16-17,19-20H,12-15,18H2,1-2H3,(H,29,30,31). The van der Waals surface area contributed by atoms with Gasteiger partial charge in [-0.1, -0.05) is 30.0 Å². The first-order chi connectivity index (χ1) is 17.2. The average Bonchev–Trinajstić information content (AvgIpc) is 2.90. The maximum absolute atomic E-state index is 6.20. The first-order valence-corrected chi connectivity index (χ1v) is 12.7. The topological polar surface area (TPSA) is 59.5 Å². The lowest BCUT2D eigenvalue weighted by Gasteiger charge is -2.28. The molecule has 5 rings (SSSR count). The van der Waals surface area contributed by atoms with E-state index in [2.05, 4.69) is 75.8 Å². The largest absolute Gasteiger partial charge is 0.493 e. The van der Waals surface area contributed by atoms with Gasteiger partial charge >= 0.3 is 0 Å². The molecule has 0 aliphatic carbocycles. The fourth-order valence-corrected chi connectivity index (χ4v) is 5.08. The zero-order chi connectivity index (χ0) is 24.0. The quantitative estimate of drug-likeness (QED) is 0.316. The van der Waals surface area contributed by atoms with Gasteiger partial charge < -0.3 is 19.7 Å². The van der Waals surface area contributed by atoms with Crippen molar-refractivity contribution in [1.29, 1.82) is 0 Å². The van der Waals surface area contributed by atoms with Gasteiger partial charge in [-0.15, -0.1) is 0 Å². The van der Waals surface area contributed by atoms with Crippen LogP contribution in [0.1, 0.15) is 12.8 Å². The molecule has 35 heavy (non-hydrogen) atoms. The number of hydrogen-bond donors (Lipinski definition) is 1. The number of fused-ring (bicyclic) bond motifs is 1. The highest BCUT2D eigenvalue weighted by Crippen LogP contribution is 2.36. The van der Waals surface area contributed by atoms with Crippen molar-refractivity contribution in [3.63, 3.8) is 0 Å². The number of ether oxygens (including phenoxy) is 2. The Kier molecular flexibility index (Phi) is 7.35. The van der Waals surface area contributed by atoms with E-state index in [1.165, 1.54) is 9.79 Å². The van der Waals surface area contributed by atoms with Crippen molar-refractivity contribution in [2.24, 2.45) is 5.92 Å². The van der Waals surface area contributed by atoms with Gasteiger partial charge in [0.2, 0.25) is 0 Å². The van der Waals surface area contributed by atoms with E-state index in [0.717, 1.165) is 54.1 Å². The first-order valence-electron chi connectivity index (χ1n) is 11.9. The molecule has 0 unspecified atom stereocenters. The number of benzene rings is 3. The highest BCUT2D eigenvalue weighted by atomic mass is 32.2. The second kappa shape index (κ2) is 11.0. The molecule has 1 aromatic heterocycles. The van der Waals surface area contributed by atoms with Gasteiger partial charge in [-0.25, -0.2) is 9.97 Å². The van der Waals surface area contributed by atoms with Crippen LogP contribution in [0, 0.1) is 5.92 Å². The van der Waals surface area contributed by atoms with Crippen LogP contribution < -0.4 is 14.8 Å². The number of hydrogen-bond acceptors (Lipinski definition) is 7. The van der Waals surface area contributed by atoms with E-state index in [1.54, 1.807) is 25.2 Å². The summed E-state index contributed by atoms with van der Waals surface area (Å²) in [5.41, 5.74) is 1.78. The summed E-state index contributed by atoms with van der Waals surface area (Å²) in [4.78, 5) is 13.8. The minimum Gasteiger partial charge on any atom is -0.493 e. The Balaban J connectivity index is 1.31. The lowest BCUT2D eigenvalue weighted by Crippen LogP contribution is -2.32. The van der Waals surface area contributed by atoms with Crippen LogP contribution in [0.5, 0.6) is 11.5 Å². The predicted octanol–water partition coefficient (Wildman–Crippen LogP) is 6.25. The SMILES string of the molecule is COc1cc2c(Nc3ccc(Sc4ccccc4)cc3)ncnc2cc1OCC1CCN(C)CC1. The van der Waals surface area contributed by atoms with Crippen LogP contribution in [0.15, 0.2) is 82.8 Å². The molecule has 7 heteroatoms. The highest BCUT2D eigenvalue weighted by molar-refractivity contribution is 7.99. The van der Waals surface area contributed by atoms with E-state index < -0.39 is 0 Å². The first kappa shape index (κ1) is 23.5. The van der Waals surface area contributed by atoms with Gasteiger partial charge in [0.25, 0.3) is 0 Å². The smallest absolute Gasteiger partial charge is 0.163 e. The molecule has 0 saturated carbocycles. The molecule has 1 aliphatic rings. The summed E-state index contributed by atoms with van der Waals surface area (Å²) in [7, 11) is 3.84. The molecule has 1 fully saturated rings. The second-order valence-electron chi connectivity index (χ2n) is 8.86. The number of anilines is 2. The molecule has 1 saturated heterocycles. The molecule has 0 atom stereocenters. The third kappa shape index (κ3) is 5.86. The highest BCUT2D eigenvalue weighted by Gasteiger charge is 2.19. The zero-order valence-electron chi connectivity index (χ0n) is 20.1. The van der Waals surface area contributed by atoms with Crippen molar-refractivity contribution < 1.29 is 9.47 Å². The molecule has 1 N–H and O–H groups in total. The van der Waals surface area contributed by atoms with Crippen molar-refractivity contribution in [2.45, 2.75) is 22.6 Å². The normalized spacial score (nSPS) is 14.7. The fraction of sp³-hybridized carbons (Fsp3) is 0.286. The van der Waals surface area contributed by atoms with Crippen molar-refractivity contribution in [2.75, 3.05) is 39.2 Å². The second-order valence-corrected chi connectivity index (χ2v) is 10.0. The third-order valence-electron chi connectivity index (χ3n) is 6.33. The summed E-state index contributed by atoms with van der Waals surface area (Å²) >= 11 is 1.74. The number of nitrogens with one attached hydrogen (secondary N) is 1. The molecule has 180 valence electrons. The zero-order valence-corrected chi connectivity index (χ0v) is 20.9. The van der Waals surface area contributed by atoms with E-state index in [4.69, 9.17) is 9.47 Å². The summed E-state index contributed by atoms with van der Waals surface area (Å²) < 4.78 is 11.9. The lowest BCUT2D eigenvalue weighted by atomic mass is 9.98. The van der Waals surface area contributed by atoms with Crippen LogP contribution in [0.25, 0.3) is 10.9 Å². The molecule has 0 bridgehead atoms. The monoisotopic (exact) mass is 486 g/mol. The number of rotatable bonds is 8. The van der Waals surface area contributed by atoms with Gasteiger partial charge in [0.05, 0.1) is 19.2 Å². The molecule has 2 heterocycles. The van der Waals surface area contributed by atoms with Crippen molar-refractivity contribution in [3.05, 3.63) is 73.1 Å². The molecule has 0 amide bonds. The number of piperidine rings is 1. The van der Waals surface area contributed by atoms with E-state index in [-0.39, 0.29) is 0 Å². The summed E-state index contributed by atoms with van der Waals surface area (Å²) in [6.45, 7) is 2.94. The Morgan fingerprint density at radius 1 is 0.943 bits per heavy atom. The number of methoxy groups -OCH3 is 1. The van der Waals surface area contributed by atoms with Crippen LogP contribution in [0.2, 0.25) is 0 Å². The van der Waals surface area contributed by atoms with E-state index in [0.29, 0.717) is 18.3 Å². The summed E-state index contributed by atoms with van der Waals surface area (Å²) in [6.07, 6.45) is 3.90. The fourth-order valence-electron chi connectivity index (χ4n) is 4.24. The minimum absolute atomic E-state index is 0.567. The molecule has 6 nitrogen and oxygen atoms in total. The predicted molar refractivity (Wildman–Crippen MR) is 142 cm³/mol. The Hall–Kier alpha value is -3.29. The van der Waals surface area contributed by atoms with Crippen molar-refractivity contribution >= 4 is 34.2 Å². The van der Waals surface area contributed by atoms with E-state index in [9.17, 15) is 0 Å². The average molecular weight is 487 g/mol. The van der Waals surface area contributed by atoms with Crippen LogP contribution in [0.3, 0.4) is 0 Å². The summed E-state index contributed by atoms with van der Waals surface area (Å²) in [5, 5.41) is 4.32. The maximum atomic E-state index is 6.20. The Bertz CT molecular complexity index is 1260. The summed E-state index contributed by atoms with van der Waals surface area (Å²) in [6, 6.07) is 22.6. The van der Waals surface area contributed by atoms with Crippen molar-refractivity contribution in [3.8, 4) is 11.5 Å². The van der Waals surface area contributed by atoms with Gasteiger partial charge in [0.1, 0.15) is 12.1 Å². The summed E-state index contributed by atoms with van der Waals surface area (Å²) in [5.74, 6) is 2.72. The van der Waals surface area contributed by atoms with Crippen molar-refractivity contribution in [1.82, 2.24) is 14.9 Å². The lowest BCUT2D eigenvalue weighted by molar-refractivity contribution is 0.157. The molecule has 1 aliphatic heterocycles. The number of nitrogens with zero attached hydrogens (tertiary/aromatic N) is 3. The van der Waals surface area contributed by atoms with E-state index >= 15 is 0 Å². The van der Waals surface area contributed by atoms with Gasteiger partial charge in [0, 0.05) is 26.9 Å². The van der Waals surface area contributed by atoms with Crippen LogP contribution in [0.4, 0.5) is 11.5 Å². The number of likely N-dealkylation sites (tertiary alicyclic amines) is 1. The molecular weight excluding hydrogens is 456 g/mol. The van der Waals surface area contributed by atoms with Crippen LogP contribution in [-0.4, -0.2) is 48.7 Å². The molecule has 3 aromatic carbocycles. The Morgan fingerprint density at radius 3 is 2.43 bits per heavy atom. The van der Waals surface area contributed by atoms with Crippen LogP contribution >= 0.6 is 11.8 Å². The van der Waals surface area contributed by atoms with Gasteiger partial charge in [0.15, 0.2) is 11.5 Å². The third-order valence-corrected chi connectivity index (χ3v) is 7.35. The van der Waals surface area contributed by atoms with Gasteiger partial charge in [-0.2, -0.15) is 0 Å². The van der Waals surface area contributed by atoms with Gasteiger partial charge in [-0.3, -0.25) is 0 Å². The van der Waals surface area contributed by atoms with Gasteiger partial charge in [-0.05, 0) is 81.4 Å². The molecular formula is C28H30N4O2S. The minimum atomic E-state index is 0.567. The maximum Gasteiger partial charge on any atom is 0.163 e. The Morgan fingerprint density at radius 2 is 1.69 bits per heavy atom. The van der Waals surface area contributed by atoms with E-state index in [1.807, 2.05) is 18.2 Å². The molecule has 4 aromatic rings. The Labute approximate surface area is 210 Å². The molecule has 0 spiro atoms. The number of aromatic nitrogens is 2. The van der Waals surface area contributed by atoms with Crippen LogP contribution in [-0.2, 0) is 0 Å². The molecule has 0 radical (unpaired) electrons.